The average Bonchev–Trinajstić information content (AvgIpc) is 2.95. The zero-order chi connectivity index (χ0) is 25.8. The van der Waals surface area contributed by atoms with Gasteiger partial charge in [0.15, 0.2) is 0 Å². The zero-order valence-electron chi connectivity index (χ0n) is 19.9. The lowest BCUT2D eigenvalue weighted by Gasteiger charge is -2.36. The minimum atomic E-state index is -0.509. The number of amides is 1. The first-order valence-electron chi connectivity index (χ1n) is 11.9. The van der Waals surface area contributed by atoms with Gasteiger partial charge in [0.05, 0.1) is 4.92 Å². The molecule has 1 N–H and O–H groups in total. The topological polar surface area (TPSA) is 117 Å². The smallest absolute Gasteiger partial charge is 0.269 e. The standard InChI is InChI=1S/C27H25N5O5/c33-17-25-23-6-1-2-7-24(23)26(29-28-25)37-18-19-4-3-5-20(16-19)27(34)31-14-12-30(13-15-31)21-8-10-22(11-9-21)32(35)36/h1-11,16-17,25,28H,12-15,18H2. The molecule has 1 saturated heterocycles. The lowest BCUT2D eigenvalue weighted by molar-refractivity contribution is -0.384. The third kappa shape index (κ3) is 5.13. The molecule has 10 nitrogen and oxygen atoms in total. The number of nitrogens with zero attached hydrogens (tertiary/aromatic N) is 4. The largest absolute Gasteiger partial charge is 0.471 e. The van der Waals surface area contributed by atoms with Crippen LogP contribution in [0.5, 0.6) is 0 Å². The van der Waals surface area contributed by atoms with Crippen molar-refractivity contribution in [2.75, 3.05) is 31.1 Å². The summed E-state index contributed by atoms with van der Waals surface area (Å²) in [5, 5.41) is 15.1. The van der Waals surface area contributed by atoms with E-state index in [-0.39, 0.29) is 18.2 Å². The fourth-order valence-corrected chi connectivity index (χ4v) is 4.52. The maximum Gasteiger partial charge on any atom is 0.269 e. The monoisotopic (exact) mass is 499 g/mol. The molecule has 1 atom stereocenters. The van der Waals surface area contributed by atoms with E-state index < -0.39 is 11.0 Å². The van der Waals surface area contributed by atoms with Crippen LogP contribution in [-0.4, -0.2) is 54.1 Å². The lowest BCUT2D eigenvalue weighted by atomic mass is 10.0. The van der Waals surface area contributed by atoms with Crippen molar-refractivity contribution in [3.05, 3.63) is 105 Å². The second-order valence-corrected chi connectivity index (χ2v) is 8.79. The number of nitrogens with one attached hydrogen (secondary N) is 1. The van der Waals surface area contributed by atoms with Gasteiger partial charge < -0.3 is 19.3 Å². The molecule has 0 radical (unpaired) electrons. The number of benzene rings is 3. The highest BCUT2D eigenvalue weighted by molar-refractivity contribution is 5.97. The fourth-order valence-electron chi connectivity index (χ4n) is 4.52. The van der Waals surface area contributed by atoms with Gasteiger partial charge >= 0.3 is 0 Å². The molecule has 0 aliphatic carbocycles. The Morgan fingerprint density at radius 1 is 1.05 bits per heavy atom. The first-order chi connectivity index (χ1) is 18.0. The maximum absolute atomic E-state index is 13.2. The van der Waals surface area contributed by atoms with Crippen molar-refractivity contribution in [2.45, 2.75) is 12.6 Å². The quantitative estimate of drug-likeness (QED) is 0.314. The van der Waals surface area contributed by atoms with E-state index in [4.69, 9.17) is 4.74 Å². The van der Waals surface area contributed by atoms with Crippen LogP contribution in [0.15, 0.2) is 77.9 Å². The Morgan fingerprint density at radius 3 is 2.54 bits per heavy atom. The predicted octanol–water partition coefficient (Wildman–Crippen LogP) is 3.28. The summed E-state index contributed by atoms with van der Waals surface area (Å²) in [6, 6.07) is 20.7. The molecule has 0 aromatic heterocycles. The van der Waals surface area contributed by atoms with Crippen LogP contribution in [0.4, 0.5) is 11.4 Å². The zero-order valence-corrected chi connectivity index (χ0v) is 19.9. The van der Waals surface area contributed by atoms with E-state index in [0.29, 0.717) is 37.6 Å². The van der Waals surface area contributed by atoms with Crippen LogP contribution in [0.2, 0.25) is 0 Å². The Balaban J connectivity index is 1.20. The highest BCUT2D eigenvalue weighted by atomic mass is 16.6. The number of anilines is 1. The molecule has 2 aliphatic heterocycles. The Kier molecular flexibility index (Phi) is 6.80. The number of ether oxygens (including phenoxy) is 1. The molecular formula is C27H25N5O5. The van der Waals surface area contributed by atoms with Crippen LogP contribution >= 0.6 is 0 Å². The summed E-state index contributed by atoms with van der Waals surface area (Å²) in [6.45, 7) is 2.60. The van der Waals surface area contributed by atoms with Gasteiger partial charge in [-0.1, -0.05) is 30.3 Å². The number of nitro benzene ring substituents is 1. The normalized spacial score (nSPS) is 16.8. The third-order valence-corrected chi connectivity index (χ3v) is 6.51. The molecule has 1 fully saturated rings. The Morgan fingerprint density at radius 2 is 1.81 bits per heavy atom. The summed E-state index contributed by atoms with van der Waals surface area (Å²) >= 11 is 0. The summed E-state index contributed by atoms with van der Waals surface area (Å²) in [6.07, 6.45) is 0.805. The number of non-ortho nitro benzene ring substituents is 1. The number of nitro groups is 1. The Labute approximate surface area is 213 Å². The molecule has 0 saturated carbocycles. The molecule has 1 amide bonds. The highest BCUT2D eigenvalue weighted by Crippen LogP contribution is 2.23. The van der Waals surface area contributed by atoms with Gasteiger partial charge in [0.2, 0.25) is 5.90 Å². The number of hydrazone groups is 1. The van der Waals surface area contributed by atoms with E-state index in [1.165, 1.54) is 12.1 Å². The van der Waals surface area contributed by atoms with Crippen molar-refractivity contribution in [2.24, 2.45) is 5.10 Å². The number of piperazine rings is 1. The van der Waals surface area contributed by atoms with Gasteiger partial charge in [0, 0.05) is 55.1 Å². The van der Waals surface area contributed by atoms with Crippen LogP contribution in [0.3, 0.4) is 0 Å². The molecule has 188 valence electrons. The molecule has 0 bridgehead atoms. The van der Waals surface area contributed by atoms with Crippen LogP contribution in [0.25, 0.3) is 0 Å². The summed E-state index contributed by atoms with van der Waals surface area (Å²) in [4.78, 5) is 38.9. The Hall–Kier alpha value is -4.73. The molecule has 3 aromatic carbocycles. The first-order valence-corrected chi connectivity index (χ1v) is 11.9. The van der Waals surface area contributed by atoms with E-state index in [9.17, 15) is 19.7 Å². The molecule has 2 aliphatic rings. The average molecular weight is 500 g/mol. The van der Waals surface area contributed by atoms with Crippen LogP contribution < -0.4 is 10.3 Å². The van der Waals surface area contributed by atoms with Gasteiger partial charge in [0.25, 0.3) is 11.6 Å². The van der Waals surface area contributed by atoms with Crippen molar-refractivity contribution in [1.82, 2.24) is 10.3 Å². The summed E-state index contributed by atoms with van der Waals surface area (Å²) in [5.74, 6) is 0.342. The molecule has 10 heteroatoms. The van der Waals surface area contributed by atoms with Gasteiger partial charge in [-0.3, -0.25) is 20.3 Å². The van der Waals surface area contributed by atoms with Gasteiger partial charge in [-0.05, 0) is 41.5 Å². The second-order valence-electron chi connectivity index (χ2n) is 8.79. The SMILES string of the molecule is O=CC1NN=C(OCc2cccc(C(=O)N3CCN(c4ccc([N+](=O)[O-])cc4)CC3)c2)c2ccccc21. The number of hydrogen-bond donors (Lipinski definition) is 1. The molecule has 37 heavy (non-hydrogen) atoms. The number of carbonyl (C=O) groups is 2. The van der Waals surface area contributed by atoms with Crippen LogP contribution in [0, 0.1) is 10.1 Å². The molecule has 5 rings (SSSR count). The van der Waals surface area contributed by atoms with E-state index >= 15 is 0 Å². The van der Waals surface area contributed by atoms with E-state index in [1.54, 1.807) is 18.2 Å². The van der Waals surface area contributed by atoms with Crippen molar-refractivity contribution < 1.29 is 19.2 Å². The number of aldehydes is 1. The molecule has 3 aromatic rings. The summed E-state index contributed by atoms with van der Waals surface area (Å²) in [7, 11) is 0. The summed E-state index contributed by atoms with van der Waals surface area (Å²) < 4.78 is 5.95. The highest BCUT2D eigenvalue weighted by Gasteiger charge is 2.24. The van der Waals surface area contributed by atoms with Crippen molar-refractivity contribution >= 4 is 29.5 Å². The van der Waals surface area contributed by atoms with Gasteiger partial charge in [-0.2, -0.15) is 0 Å². The molecule has 1 unspecified atom stereocenters. The van der Waals surface area contributed by atoms with Gasteiger partial charge in [-0.25, -0.2) is 0 Å². The van der Waals surface area contributed by atoms with Crippen molar-refractivity contribution in [1.29, 1.82) is 0 Å². The maximum atomic E-state index is 13.2. The molecule has 0 spiro atoms. The Bertz CT molecular complexity index is 1350. The van der Waals surface area contributed by atoms with Crippen LogP contribution in [-0.2, 0) is 16.1 Å². The number of hydrogen-bond acceptors (Lipinski definition) is 8. The van der Waals surface area contributed by atoms with E-state index in [0.717, 1.165) is 28.7 Å². The van der Waals surface area contributed by atoms with E-state index in [1.807, 2.05) is 47.4 Å². The van der Waals surface area contributed by atoms with Crippen molar-refractivity contribution in [3.8, 4) is 0 Å². The number of fused-ring (bicyclic) bond motifs is 1. The first kappa shape index (κ1) is 24.0. The van der Waals surface area contributed by atoms with Gasteiger partial charge in [0.1, 0.15) is 18.9 Å². The third-order valence-electron chi connectivity index (χ3n) is 6.51. The minimum absolute atomic E-state index is 0.0546. The van der Waals surface area contributed by atoms with E-state index in [2.05, 4.69) is 15.4 Å². The minimum Gasteiger partial charge on any atom is -0.471 e. The molecular weight excluding hydrogens is 474 g/mol. The predicted molar refractivity (Wildman–Crippen MR) is 137 cm³/mol. The van der Waals surface area contributed by atoms with Crippen LogP contribution in [0.1, 0.15) is 33.1 Å². The van der Waals surface area contributed by atoms with Gasteiger partial charge in [-0.15, -0.1) is 5.10 Å². The lowest BCUT2D eigenvalue weighted by Crippen LogP contribution is -2.48. The number of carbonyl (C=O) groups excluding carboxylic acids is 2. The number of rotatable bonds is 6. The fraction of sp³-hybridized carbons (Fsp3) is 0.222. The van der Waals surface area contributed by atoms with Crippen molar-refractivity contribution in [3.63, 3.8) is 0 Å². The second kappa shape index (κ2) is 10.5. The summed E-state index contributed by atoms with van der Waals surface area (Å²) in [5.41, 5.74) is 6.74. The molecule has 2 heterocycles.